The van der Waals surface area contributed by atoms with Gasteiger partial charge in [-0.05, 0) is 30.2 Å². The Bertz CT molecular complexity index is 932. The molecule has 1 atom stereocenters. The lowest BCUT2D eigenvalue weighted by Crippen LogP contribution is -2.24. The molecule has 24 heavy (non-hydrogen) atoms. The third-order valence-electron chi connectivity index (χ3n) is 4.44. The van der Waals surface area contributed by atoms with Gasteiger partial charge in [-0.15, -0.1) is 0 Å². The summed E-state index contributed by atoms with van der Waals surface area (Å²) in [6.45, 7) is 2.03. The van der Waals surface area contributed by atoms with Gasteiger partial charge in [-0.25, -0.2) is 4.68 Å². The molecule has 1 amide bonds. The Morgan fingerprint density at radius 1 is 1.12 bits per heavy atom. The van der Waals surface area contributed by atoms with Crippen LogP contribution < -0.4 is 5.32 Å². The molecule has 2 heterocycles. The molecule has 0 saturated carbocycles. The van der Waals surface area contributed by atoms with Crippen molar-refractivity contribution in [2.24, 2.45) is 0 Å². The topological polar surface area (TPSA) is 46.9 Å². The molecule has 4 rings (SSSR count). The number of fused-ring (bicyclic) bond motifs is 1. The smallest absolute Gasteiger partial charge is 0.226 e. The van der Waals surface area contributed by atoms with Crippen LogP contribution in [0.1, 0.15) is 29.0 Å². The zero-order valence-electron chi connectivity index (χ0n) is 13.2. The summed E-state index contributed by atoms with van der Waals surface area (Å²) in [5.74, 6) is 0.619. The van der Waals surface area contributed by atoms with Crippen molar-refractivity contribution in [3.63, 3.8) is 0 Å². The molecule has 0 spiro atoms. The second kappa shape index (κ2) is 5.80. The van der Waals surface area contributed by atoms with Crippen LogP contribution >= 0.6 is 11.6 Å². The Morgan fingerprint density at radius 3 is 2.67 bits per heavy atom. The van der Waals surface area contributed by atoms with Gasteiger partial charge in [-0.3, -0.25) is 4.79 Å². The summed E-state index contributed by atoms with van der Waals surface area (Å²) < 4.78 is 1.80. The monoisotopic (exact) mass is 337 g/mol. The number of benzene rings is 2. The van der Waals surface area contributed by atoms with E-state index in [0.717, 1.165) is 28.2 Å². The van der Waals surface area contributed by atoms with Crippen LogP contribution in [0.3, 0.4) is 0 Å². The Kier molecular flexibility index (Phi) is 3.62. The predicted octanol–water partition coefficient (Wildman–Crippen LogP) is 4.31. The number of carbonyl (C=O) groups excluding carboxylic acids is 1. The first-order chi connectivity index (χ1) is 11.6. The number of hydrogen-bond acceptors (Lipinski definition) is 2. The molecule has 1 unspecified atom stereocenters. The van der Waals surface area contributed by atoms with Crippen LogP contribution in [0.4, 0.5) is 5.82 Å². The molecule has 5 heteroatoms. The number of carbonyl (C=O) groups is 1. The average Bonchev–Trinajstić information content (AvgIpc) is 2.99. The number of amides is 1. The minimum atomic E-state index is -0.0831. The quantitative estimate of drug-likeness (QED) is 0.757. The fourth-order valence-electron chi connectivity index (χ4n) is 3.24. The van der Waals surface area contributed by atoms with Gasteiger partial charge < -0.3 is 5.32 Å². The zero-order valence-corrected chi connectivity index (χ0v) is 13.9. The lowest BCUT2D eigenvalue weighted by molar-refractivity contribution is -0.116. The van der Waals surface area contributed by atoms with Gasteiger partial charge >= 0.3 is 0 Å². The molecule has 1 aliphatic rings. The fourth-order valence-corrected chi connectivity index (χ4v) is 3.51. The molecule has 2 aromatic carbocycles. The number of anilines is 1. The number of halogens is 1. The molecule has 0 radical (unpaired) electrons. The summed E-state index contributed by atoms with van der Waals surface area (Å²) in [6, 6.07) is 15.6. The molecule has 0 saturated heterocycles. The van der Waals surface area contributed by atoms with E-state index in [-0.39, 0.29) is 11.8 Å². The van der Waals surface area contributed by atoms with Crippen molar-refractivity contribution in [1.82, 2.24) is 9.78 Å². The standard InChI is InChI=1S/C19H16ClN3O/c1-12-6-2-5-9-17(12)23-19-15(11-21-23)14(10-18(24)22-19)13-7-3-4-8-16(13)20/h2-9,11,14H,10H2,1H3,(H,22,24). The number of nitrogens with zero attached hydrogens (tertiary/aromatic N) is 2. The van der Waals surface area contributed by atoms with Crippen LogP contribution in [0, 0.1) is 6.92 Å². The highest BCUT2D eigenvalue weighted by atomic mass is 35.5. The number of para-hydroxylation sites is 1. The van der Waals surface area contributed by atoms with Crippen molar-refractivity contribution in [2.75, 3.05) is 5.32 Å². The second-order valence-corrected chi connectivity index (χ2v) is 6.38. The number of aromatic nitrogens is 2. The molecule has 120 valence electrons. The van der Waals surface area contributed by atoms with E-state index in [4.69, 9.17) is 11.6 Å². The number of rotatable bonds is 2. The second-order valence-electron chi connectivity index (χ2n) is 5.97. The van der Waals surface area contributed by atoms with Crippen LogP contribution in [0.2, 0.25) is 5.02 Å². The number of hydrogen-bond donors (Lipinski definition) is 1. The molecule has 0 bridgehead atoms. The van der Waals surface area contributed by atoms with Crippen molar-refractivity contribution < 1.29 is 4.79 Å². The summed E-state index contributed by atoms with van der Waals surface area (Å²) in [4.78, 5) is 12.3. The first-order valence-corrected chi connectivity index (χ1v) is 8.21. The predicted molar refractivity (Wildman–Crippen MR) is 94.8 cm³/mol. The van der Waals surface area contributed by atoms with E-state index in [1.807, 2.05) is 61.7 Å². The maximum atomic E-state index is 12.3. The van der Waals surface area contributed by atoms with Crippen LogP contribution in [0.25, 0.3) is 5.69 Å². The summed E-state index contributed by atoms with van der Waals surface area (Å²) in [5.41, 5.74) is 4.00. The fraction of sp³-hybridized carbons (Fsp3) is 0.158. The van der Waals surface area contributed by atoms with Crippen molar-refractivity contribution in [3.8, 4) is 5.69 Å². The minimum Gasteiger partial charge on any atom is -0.310 e. The van der Waals surface area contributed by atoms with Crippen LogP contribution in [0.15, 0.2) is 54.7 Å². The molecule has 1 aromatic heterocycles. The Balaban J connectivity index is 1.87. The van der Waals surface area contributed by atoms with E-state index < -0.39 is 0 Å². The molecule has 1 N–H and O–H groups in total. The van der Waals surface area contributed by atoms with Crippen LogP contribution in [-0.2, 0) is 4.79 Å². The van der Waals surface area contributed by atoms with E-state index >= 15 is 0 Å². The number of aryl methyl sites for hydroxylation is 1. The van der Waals surface area contributed by atoms with Gasteiger partial charge in [0.1, 0.15) is 5.82 Å². The van der Waals surface area contributed by atoms with Gasteiger partial charge in [-0.1, -0.05) is 48.0 Å². The summed E-state index contributed by atoms with van der Waals surface area (Å²) >= 11 is 6.36. The summed E-state index contributed by atoms with van der Waals surface area (Å²) in [6.07, 6.45) is 2.20. The van der Waals surface area contributed by atoms with Crippen molar-refractivity contribution in [1.29, 1.82) is 0 Å². The first-order valence-electron chi connectivity index (χ1n) is 7.83. The van der Waals surface area contributed by atoms with Gasteiger partial charge in [-0.2, -0.15) is 5.10 Å². The van der Waals surface area contributed by atoms with Crippen molar-refractivity contribution in [3.05, 3.63) is 76.4 Å². The van der Waals surface area contributed by atoms with Crippen LogP contribution in [-0.4, -0.2) is 15.7 Å². The third-order valence-corrected chi connectivity index (χ3v) is 4.79. The van der Waals surface area contributed by atoms with Gasteiger partial charge in [0.05, 0.1) is 11.9 Å². The first kappa shape index (κ1) is 15.0. The summed E-state index contributed by atoms with van der Waals surface area (Å²) in [7, 11) is 0. The average molecular weight is 338 g/mol. The normalized spacial score (nSPS) is 16.6. The number of nitrogens with one attached hydrogen (secondary N) is 1. The molecule has 3 aromatic rings. The van der Waals surface area contributed by atoms with Crippen molar-refractivity contribution in [2.45, 2.75) is 19.3 Å². The van der Waals surface area contributed by atoms with Gasteiger partial charge in [0.15, 0.2) is 0 Å². The SMILES string of the molecule is Cc1ccccc1-n1ncc2c1NC(=O)CC2c1ccccc1Cl. The zero-order chi connectivity index (χ0) is 16.7. The van der Waals surface area contributed by atoms with Crippen molar-refractivity contribution >= 4 is 23.3 Å². The third kappa shape index (κ3) is 2.39. The van der Waals surface area contributed by atoms with E-state index in [2.05, 4.69) is 10.4 Å². The summed E-state index contributed by atoms with van der Waals surface area (Å²) in [5, 5.41) is 8.17. The maximum absolute atomic E-state index is 12.3. The molecular weight excluding hydrogens is 322 g/mol. The highest BCUT2D eigenvalue weighted by Crippen LogP contribution is 2.40. The van der Waals surface area contributed by atoms with E-state index in [1.54, 1.807) is 4.68 Å². The minimum absolute atomic E-state index is 0.0252. The van der Waals surface area contributed by atoms with E-state index in [1.165, 1.54) is 0 Å². The maximum Gasteiger partial charge on any atom is 0.226 e. The van der Waals surface area contributed by atoms with Gasteiger partial charge in [0, 0.05) is 22.9 Å². The van der Waals surface area contributed by atoms with Gasteiger partial charge in [0.2, 0.25) is 5.91 Å². The van der Waals surface area contributed by atoms with Crippen LogP contribution in [0.5, 0.6) is 0 Å². The lowest BCUT2D eigenvalue weighted by atomic mass is 9.87. The molecule has 0 aliphatic carbocycles. The Labute approximate surface area is 145 Å². The Hall–Kier alpha value is -2.59. The molecular formula is C19H16ClN3O. The largest absolute Gasteiger partial charge is 0.310 e. The van der Waals surface area contributed by atoms with Gasteiger partial charge in [0.25, 0.3) is 0 Å². The highest BCUT2D eigenvalue weighted by Gasteiger charge is 2.31. The van der Waals surface area contributed by atoms with E-state index in [9.17, 15) is 4.79 Å². The lowest BCUT2D eigenvalue weighted by Gasteiger charge is -2.24. The Morgan fingerprint density at radius 2 is 1.88 bits per heavy atom. The molecule has 0 fully saturated rings. The molecule has 4 nitrogen and oxygen atoms in total. The highest BCUT2D eigenvalue weighted by molar-refractivity contribution is 6.31. The molecule has 1 aliphatic heterocycles. The van der Waals surface area contributed by atoms with E-state index in [0.29, 0.717) is 11.4 Å².